The second-order valence-electron chi connectivity index (χ2n) is 5.16. The maximum absolute atomic E-state index is 11.9. The molecule has 1 aliphatic rings. The molecular weight excluding hydrogens is 271 g/mol. The molecule has 1 N–H and O–H groups in total. The van der Waals surface area contributed by atoms with Crippen LogP contribution in [0.2, 0.25) is 0 Å². The van der Waals surface area contributed by atoms with E-state index in [9.17, 15) is 13.2 Å². The summed E-state index contributed by atoms with van der Waals surface area (Å²) in [6.45, 7) is 3.69. The van der Waals surface area contributed by atoms with E-state index in [1.807, 2.05) is 0 Å². The highest BCUT2D eigenvalue weighted by Gasteiger charge is 2.27. The van der Waals surface area contributed by atoms with Gasteiger partial charge in [-0.25, -0.2) is 0 Å². The number of guanidine groups is 1. The summed E-state index contributed by atoms with van der Waals surface area (Å²) in [5, 5.41) is 3.17. The molecule has 0 aromatic carbocycles. The molecule has 0 bridgehead atoms. The molecule has 1 rings (SSSR count). The molecule has 1 saturated heterocycles. The minimum Gasteiger partial charge on any atom is -0.372 e. The first kappa shape index (κ1) is 17.1. The van der Waals surface area contributed by atoms with Gasteiger partial charge in [-0.2, -0.15) is 13.2 Å². The van der Waals surface area contributed by atoms with E-state index in [2.05, 4.69) is 26.9 Å². The Hall–Kier alpha value is -0.980. The van der Waals surface area contributed by atoms with E-state index in [-0.39, 0.29) is 6.61 Å². The van der Waals surface area contributed by atoms with Crippen molar-refractivity contribution in [3.63, 3.8) is 0 Å². The van der Waals surface area contributed by atoms with E-state index in [1.165, 1.54) is 0 Å². The van der Waals surface area contributed by atoms with E-state index < -0.39 is 12.8 Å². The number of hydrogen-bond donors (Lipinski definition) is 1. The van der Waals surface area contributed by atoms with Gasteiger partial charge in [-0.15, -0.1) is 0 Å². The van der Waals surface area contributed by atoms with Crippen LogP contribution in [0.4, 0.5) is 13.2 Å². The number of nitrogens with one attached hydrogen (secondary N) is 1. The Balaban J connectivity index is 2.13. The lowest BCUT2D eigenvalue weighted by Crippen LogP contribution is -2.45. The average molecular weight is 295 g/mol. The summed E-state index contributed by atoms with van der Waals surface area (Å²) in [4.78, 5) is 6.40. The quantitative estimate of drug-likeness (QED) is 0.480. The Morgan fingerprint density at radius 2 is 2.00 bits per heavy atom. The number of ether oxygens (including phenoxy) is 1. The number of rotatable bonds is 5. The molecule has 0 spiro atoms. The molecule has 1 aliphatic heterocycles. The molecule has 0 atom stereocenters. The van der Waals surface area contributed by atoms with Gasteiger partial charge in [0.05, 0.1) is 0 Å². The molecule has 7 heteroatoms. The number of hydrogen-bond acceptors (Lipinski definition) is 2. The third-order valence-electron chi connectivity index (χ3n) is 3.31. The van der Waals surface area contributed by atoms with Gasteiger partial charge in [0.25, 0.3) is 0 Å². The molecule has 0 radical (unpaired) electrons. The van der Waals surface area contributed by atoms with Crippen molar-refractivity contribution in [1.29, 1.82) is 0 Å². The summed E-state index contributed by atoms with van der Waals surface area (Å²) >= 11 is 0. The lowest BCUT2D eigenvalue weighted by Gasteiger charge is -2.32. The molecule has 0 amide bonds. The monoisotopic (exact) mass is 295 g/mol. The van der Waals surface area contributed by atoms with Crippen LogP contribution in [0, 0.1) is 5.92 Å². The fourth-order valence-corrected chi connectivity index (χ4v) is 2.11. The maximum atomic E-state index is 11.9. The normalized spacial score (nSPS) is 18.4. The first-order chi connectivity index (χ1) is 9.42. The van der Waals surface area contributed by atoms with Crippen molar-refractivity contribution in [3.8, 4) is 0 Å². The number of halogens is 3. The summed E-state index contributed by atoms with van der Waals surface area (Å²) < 4.78 is 40.1. The Morgan fingerprint density at radius 1 is 1.35 bits per heavy atom. The molecule has 1 heterocycles. The number of piperidine rings is 1. The molecule has 4 nitrogen and oxygen atoms in total. The van der Waals surface area contributed by atoms with Gasteiger partial charge in [-0.1, -0.05) is 6.92 Å². The Kier molecular flexibility index (Phi) is 7.12. The van der Waals surface area contributed by atoms with E-state index in [0.29, 0.717) is 13.0 Å². The fraction of sp³-hybridized carbons (Fsp3) is 0.923. The minimum atomic E-state index is -4.24. The predicted octanol–water partition coefficient (Wildman–Crippen LogP) is 2.26. The van der Waals surface area contributed by atoms with Crippen molar-refractivity contribution >= 4 is 5.96 Å². The summed E-state index contributed by atoms with van der Waals surface area (Å²) in [6.07, 6.45) is -1.42. The Labute approximate surface area is 118 Å². The topological polar surface area (TPSA) is 36.9 Å². The highest BCUT2D eigenvalue weighted by atomic mass is 19.4. The number of nitrogens with zero attached hydrogens (tertiary/aromatic N) is 2. The van der Waals surface area contributed by atoms with Crippen molar-refractivity contribution in [3.05, 3.63) is 0 Å². The smallest absolute Gasteiger partial charge is 0.372 e. The standard InChI is InChI=1S/C13H24F3N3O/c1-11-4-7-19(8-5-11)12(17-2)18-6-3-9-20-10-13(14,15)16/h11H,3-10H2,1-2H3,(H,17,18). The van der Waals surface area contributed by atoms with Crippen LogP contribution in [0.3, 0.4) is 0 Å². The Bertz CT molecular complexity index is 300. The van der Waals surface area contributed by atoms with Crippen LogP contribution in [0.15, 0.2) is 4.99 Å². The van der Waals surface area contributed by atoms with Gasteiger partial charge in [0.1, 0.15) is 6.61 Å². The zero-order valence-electron chi connectivity index (χ0n) is 12.2. The first-order valence-corrected chi connectivity index (χ1v) is 7.02. The van der Waals surface area contributed by atoms with Crippen LogP contribution in [0.25, 0.3) is 0 Å². The number of alkyl halides is 3. The third kappa shape index (κ3) is 6.98. The highest BCUT2D eigenvalue weighted by Crippen LogP contribution is 2.16. The Morgan fingerprint density at radius 3 is 2.55 bits per heavy atom. The van der Waals surface area contributed by atoms with Gasteiger partial charge in [0, 0.05) is 33.3 Å². The van der Waals surface area contributed by atoms with Crippen LogP contribution in [-0.4, -0.2) is 56.9 Å². The number of likely N-dealkylation sites (tertiary alicyclic amines) is 1. The molecule has 118 valence electrons. The lowest BCUT2D eigenvalue weighted by atomic mass is 10.00. The van der Waals surface area contributed by atoms with Crippen LogP contribution in [-0.2, 0) is 4.74 Å². The average Bonchev–Trinajstić information content (AvgIpc) is 2.38. The molecule has 1 fully saturated rings. The molecular formula is C13H24F3N3O. The largest absolute Gasteiger partial charge is 0.411 e. The minimum absolute atomic E-state index is 0.0978. The van der Waals surface area contributed by atoms with Crippen LogP contribution in [0.5, 0.6) is 0 Å². The highest BCUT2D eigenvalue weighted by molar-refractivity contribution is 5.79. The van der Waals surface area contributed by atoms with Gasteiger partial charge < -0.3 is 15.0 Å². The van der Waals surface area contributed by atoms with Gasteiger partial charge in [0.2, 0.25) is 0 Å². The predicted molar refractivity (Wildman–Crippen MR) is 72.8 cm³/mol. The van der Waals surface area contributed by atoms with Crippen molar-refractivity contribution < 1.29 is 17.9 Å². The van der Waals surface area contributed by atoms with Crippen molar-refractivity contribution in [1.82, 2.24) is 10.2 Å². The zero-order chi connectivity index (χ0) is 15.0. The molecule has 0 aromatic rings. The molecule has 0 saturated carbocycles. The van der Waals surface area contributed by atoms with E-state index >= 15 is 0 Å². The summed E-state index contributed by atoms with van der Waals surface area (Å²) in [7, 11) is 1.72. The first-order valence-electron chi connectivity index (χ1n) is 7.02. The molecule has 0 aromatic heterocycles. The summed E-state index contributed by atoms with van der Waals surface area (Å²) in [5.74, 6) is 1.58. The zero-order valence-corrected chi connectivity index (χ0v) is 12.2. The SMILES string of the molecule is CN=C(NCCCOCC(F)(F)F)N1CCC(C)CC1. The maximum Gasteiger partial charge on any atom is 0.411 e. The van der Waals surface area contributed by atoms with Crippen LogP contribution < -0.4 is 5.32 Å². The molecule has 20 heavy (non-hydrogen) atoms. The molecule has 0 unspecified atom stereocenters. The van der Waals surface area contributed by atoms with Crippen LogP contribution in [0.1, 0.15) is 26.2 Å². The second-order valence-corrected chi connectivity index (χ2v) is 5.16. The third-order valence-corrected chi connectivity index (χ3v) is 3.31. The fourth-order valence-electron chi connectivity index (χ4n) is 2.11. The van der Waals surface area contributed by atoms with Gasteiger partial charge in [-0.3, -0.25) is 4.99 Å². The van der Waals surface area contributed by atoms with Gasteiger partial charge >= 0.3 is 6.18 Å². The lowest BCUT2D eigenvalue weighted by molar-refractivity contribution is -0.173. The van der Waals surface area contributed by atoms with E-state index in [0.717, 1.165) is 37.8 Å². The van der Waals surface area contributed by atoms with E-state index in [1.54, 1.807) is 7.05 Å². The van der Waals surface area contributed by atoms with E-state index in [4.69, 9.17) is 0 Å². The summed E-state index contributed by atoms with van der Waals surface area (Å²) in [6, 6.07) is 0. The summed E-state index contributed by atoms with van der Waals surface area (Å²) in [5.41, 5.74) is 0. The van der Waals surface area contributed by atoms with Crippen LogP contribution >= 0.6 is 0 Å². The molecule has 0 aliphatic carbocycles. The second kappa shape index (κ2) is 8.34. The van der Waals surface area contributed by atoms with Crippen molar-refractivity contribution in [2.24, 2.45) is 10.9 Å². The van der Waals surface area contributed by atoms with Gasteiger partial charge in [0.15, 0.2) is 5.96 Å². The number of aliphatic imine (C=N–C) groups is 1. The van der Waals surface area contributed by atoms with Crippen molar-refractivity contribution in [2.45, 2.75) is 32.4 Å². The van der Waals surface area contributed by atoms with Gasteiger partial charge in [-0.05, 0) is 25.2 Å². The van der Waals surface area contributed by atoms with Crippen molar-refractivity contribution in [2.75, 3.05) is 39.9 Å².